The van der Waals surface area contributed by atoms with Crippen LogP contribution in [0.25, 0.3) is 0 Å². The van der Waals surface area contributed by atoms with E-state index >= 15 is 0 Å². The quantitative estimate of drug-likeness (QED) is 0.796. The summed E-state index contributed by atoms with van der Waals surface area (Å²) in [5.41, 5.74) is 0.470. The van der Waals surface area contributed by atoms with Crippen LogP contribution in [0.3, 0.4) is 0 Å². The van der Waals surface area contributed by atoms with E-state index in [1.165, 1.54) is 31.4 Å². The van der Waals surface area contributed by atoms with E-state index in [-0.39, 0.29) is 23.3 Å². The lowest BCUT2D eigenvalue weighted by atomic mass is 10.3. The molecule has 2 rings (SSSR count). The van der Waals surface area contributed by atoms with Crippen LogP contribution in [0.2, 0.25) is 0 Å². The number of carbonyl (C=O) groups excluding carboxylic acids is 1. The van der Waals surface area contributed by atoms with E-state index in [1.807, 2.05) is 0 Å². The number of hydrogen-bond acceptors (Lipinski definition) is 5. The number of amides is 1. The first-order valence-electron chi connectivity index (χ1n) is 7.31. The van der Waals surface area contributed by atoms with Gasteiger partial charge in [-0.2, -0.15) is 0 Å². The minimum atomic E-state index is -3.64. The van der Waals surface area contributed by atoms with Crippen LogP contribution in [0.4, 0.5) is 5.69 Å². The predicted octanol–water partition coefficient (Wildman–Crippen LogP) is 2.15. The van der Waals surface area contributed by atoms with Crippen molar-refractivity contribution in [3.63, 3.8) is 0 Å². The lowest BCUT2D eigenvalue weighted by molar-refractivity contribution is 0.0995. The van der Waals surface area contributed by atoms with Gasteiger partial charge >= 0.3 is 0 Å². The van der Waals surface area contributed by atoms with Crippen LogP contribution in [-0.2, 0) is 14.8 Å². The summed E-state index contributed by atoms with van der Waals surface area (Å²) in [4.78, 5) is 12.1. The summed E-state index contributed by atoms with van der Waals surface area (Å²) in [7, 11) is -2.13. The molecule has 1 aromatic carbocycles. The van der Waals surface area contributed by atoms with E-state index in [0.717, 1.165) is 0 Å². The third-order valence-corrected chi connectivity index (χ3v) is 4.77. The molecule has 24 heavy (non-hydrogen) atoms. The van der Waals surface area contributed by atoms with Crippen molar-refractivity contribution in [1.82, 2.24) is 4.72 Å². The van der Waals surface area contributed by atoms with E-state index in [2.05, 4.69) is 10.0 Å². The van der Waals surface area contributed by atoms with Crippen molar-refractivity contribution < 1.29 is 22.4 Å². The smallest absolute Gasteiger partial charge is 0.291 e. The molecular weight excluding hydrogens is 332 g/mol. The van der Waals surface area contributed by atoms with Gasteiger partial charge in [0.1, 0.15) is 5.76 Å². The van der Waals surface area contributed by atoms with Crippen molar-refractivity contribution in [2.75, 3.05) is 19.0 Å². The highest BCUT2D eigenvalue weighted by molar-refractivity contribution is 7.89. The maximum absolute atomic E-state index is 12.2. The van der Waals surface area contributed by atoms with Crippen LogP contribution in [0.15, 0.2) is 45.7 Å². The van der Waals surface area contributed by atoms with Crippen LogP contribution in [0, 0.1) is 6.92 Å². The summed E-state index contributed by atoms with van der Waals surface area (Å²) in [6, 6.07) is 8.80. The Bertz CT molecular complexity index is 796. The number of anilines is 1. The maximum Gasteiger partial charge on any atom is 0.291 e. The zero-order valence-electron chi connectivity index (χ0n) is 13.7. The number of aryl methyl sites for hydroxylation is 1. The fourth-order valence-electron chi connectivity index (χ4n) is 2.08. The fourth-order valence-corrected chi connectivity index (χ4v) is 3.31. The van der Waals surface area contributed by atoms with Gasteiger partial charge in [-0.05, 0) is 50.2 Å². The van der Waals surface area contributed by atoms with Gasteiger partial charge in [-0.15, -0.1) is 0 Å². The molecule has 1 unspecified atom stereocenters. The average Bonchev–Trinajstić information content (AvgIpc) is 2.94. The molecule has 130 valence electrons. The first-order valence-corrected chi connectivity index (χ1v) is 8.79. The number of furan rings is 1. The van der Waals surface area contributed by atoms with Gasteiger partial charge in [0, 0.05) is 18.8 Å². The minimum absolute atomic E-state index is 0.109. The topological polar surface area (TPSA) is 97.6 Å². The third kappa shape index (κ3) is 4.67. The Kier molecular flexibility index (Phi) is 5.76. The molecule has 0 saturated heterocycles. The van der Waals surface area contributed by atoms with Gasteiger partial charge in [0.15, 0.2) is 5.76 Å². The molecule has 1 aromatic heterocycles. The van der Waals surface area contributed by atoms with E-state index in [9.17, 15) is 13.2 Å². The Labute approximate surface area is 141 Å². The molecule has 0 aliphatic heterocycles. The van der Waals surface area contributed by atoms with Gasteiger partial charge in [-0.25, -0.2) is 13.1 Å². The number of nitrogens with one attached hydrogen (secondary N) is 2. The van der Waals surface area contributed by atoms with Gasteiger partial charge in [-0.1, -0.05) is 0 Å². The van der Waals surface area contributed by atoms with Crippen molar-refractivity contribution in [2.24, 2.45) is 0 Å². The Morgan fingerprint density at radius 1 is 1.21 bits per heavy atom. The van der Waals surface area contributed by atoms with Gasteiger partial charge in [0.25, 0.3) is 5.91 Å². The SMILES string of the molecule is COCC(C)NS(=O)(=O)c1ccc(NC(=O)c2ccc(C)o2)cc1. The molecule has 8 heteroatoms. The number of carbonyl (C=O) groups is 1. The largest absolute Gasteiger partial charge is 0.456 e. The highest BCUT2D eigenvalue weighted by Crippen LogP contribution is 2.16. The van der Waals surface area contributed by atoms with Crippen molar-refractivity contribution >= 4 is 21.6 Å². The lowest BCUT2D eigenvalue weighted by Gasteiger charge is -2.13. The highest BCUT2D eigenvalue weighted by Gasteiger charge is 2.17. The second kappa shape index (κ2) is 7.61. The molecule has 0 saturated carbocycles. The first kappa shape index (κ1) is 18.2. The van der Waals surface area contributed by atoms with E-state index in [0.29, 0.717) is 11.4 Å². The zero-order chi connectivity index (χ0) is 17.7. The van der Waals surface area contributed by atoms with Crippen molar-refractivity contribution in [2.45, 2.75) is 24.8 Å². The average molecular weight is 352 g/mol. The summed E-state index contributed by atoms with van der Waals surface area (Å²) in [5.74, 6) is 0.433. The number of benzene rings is 1. The number of hydrogen-bond donors (Lipinski definition) is 2. The van der Waals surface area contributed by atoms with Crippen molar-refractivity contribution in [3.05, 3.63) is 47.9 Å². The first-order chi connectivity index (χ1) is 11.3. The van der Waals surface area contributed by atoms with Gasteiger partial charge in [-0.3, -0.25) is 4.79 Å². The second-order valence-electron chi connectivity index (χ2n) is 5.37. The molecule has 0 aliphatic rings. The summed E-state index contributed by atoms with van der Waals surface area (Å²) >= 11 is 0. The van der Waals surface area contributed by atoms with Gasteiger partial charge in [0.2, 0.25) is 10.0 Å². The maximum atomic E-state index is 12.2. The fraction of sp³-hybridized carbons (Fsp3) is 0.312. The number of sulfonamides is 1. The molecule has 1 atom stereocenters. The summed E-state index contributed by atoms with van der Waals surface area (Å²) in [6.45, 7) is 3.73. The molecule has 2 N–H and O–H groups in total. The standard InChI is InChI=1S/C16H20N2O5S/c1-11(10-22-3)18-24(20,21)14-7-5-13(6-8-14)17-16(19)15-9-4-12(2)23-15/h4-9,11,18H,10H2,1-3H3,(H,17,19). The molecule has 2 aromatic rings. The van der Waals surface area contributed by atoms with Crippen LogP contribution >= 0.6 is 0 Å². The van der Waals surface area contributed by atoms with Gasteiger partial charge < -0.3 is 14.5 Å². The molecule has 7 nitrogen and oxygen atoms in total. The highest BCUT2D eigenvalue weighted by atomic mass is 32.2. The lowest BCUT2D eigenvalue weighted by Crippen LogP contribution is -2.35. The molecule has 0 spiro atoms. The van der Waals surface area contributed by atoms with Crippen LogP contribution < -0.4 is 10.0 Å². The number of rotatable bonds is 7. The van der Waals surface area contributed by atoms with Crippen molar-refractivity contribution in [1.29, 1.82) is 0 Å². The molecule has 1 amide bonds. The Hall–Kier alpha value is -2.16. The van der Waals surface area contributed by atoms with Gasteiger partial charge in [0.05, 0.1) is 11.5 Å². The summed E-state index contributed by atoms with van der Waals surface area (Å²) < 4.78 is 37.1. The monoisotopic (exact) mass is 352 g/mol. The van der Waals surface area contributed by atoms with Crippen LogP contribution in [0.5, 0.6) is 0 Å². The second-order valence-corrected chi connectivity index (χ2v) is 7.08. The molecule has 0 radical (unpaired) electrons. The zero-order valence-corrected chi connectivity index (χ0v) is 14.5. The molecule has 1 heterocycles. The third-order valence-electron chi connectivity index (χ3n) is 3.16. The van der Waals surface area contributed by atoms with E-state index < -0.39 is 15.9 Å². The summed E-state index contributed by atoms with van der Waals surface area (Å²) in [5, 5.41) is 2.64. The normalized spacial score (nSPS) is 12.8. The summed E-state index contributed by atoms with van der Waals surface area (Å²) in [6.07, 6.45) is 0. The van der Waals surface area contributed by atoms with Crippen molar-refractivity contribution in [3.8, 4) is 0 Å². The Balaban J connectivity index is 2.06. The predicted molar refractivity (Wildman–Crippen MR) is 89.5 cm³/mol. The molecular formula is C16H20N2O5S. The molecule has 0 fully saturated rings. The minimum Gasteiger partial charge on any atom is -0.456 e. The Morgan fingerprint density at radius 3 is 2.42 bits per heavy atom. The number of methoxy groups -OCH3 is 1. The van der Waals surface area contributed by atoms with Crippen LogP contribution in [0.1, 0.15) is 23.2 Å². The molecule has 0 bridgehead atoms. The van der Waals surface area contributed by atoms with E-state index in [1.54, 1.807) is 26.0 Å². The Morgan fingerprint density at radius 2 is 1.88 bits per heavy atom. The van der Waals surface area contributed by atoms with E-state index in [4.69, 9.17) is 9.15 Å². The van der Waals surface area contributed by atoms with Crippen LogP contribution in [-0.4, -0.2) is 34.1 Å². The number of ether oxygens (including phenoxy) is 1. The molecule has 0 aliphatic carbocycles.